The summed E-state index contributed by atoms with van der Waals surface area (Å²) in [5, 5.41) is 3.50. The summed E-state index contributed by atoms with van der Waals surface area (Å²) in [5.41, 5.74) is 4.89. The second-order valence-corrected chi connectivity index (χ2v) is 9.74. The quantitative estimate of drug-likeness (QED) is 0.418. The third-order valence-corrected chi connectivity index (χ3v) is 7.40. The highest BCUT2D eigenvalue weighted by Gasteiger charge is 2.32. The fraction of sp³-hybridized carbons (Fsp3) is 0.259. The molecule has 0 aromatic heterocycles. The minimum absolute atomic E-state index is 0.0775. The minimum Gasteiger partial charge on any atom is -0.491 e. The molecule has 1 aliphatic rings. The Bertz CT molecular complexity index is 1170. The lowest BCUT2D eigenvalue weighted by Gasteiger charge is -2.24. The maximum atomic E-state index is 12.5. The van der Waals surface area contributed by atoms with E-state index in [0.717, 1.165) is 22.4 Å². The van der Waals surface area contributed by atoms with Gasteiger partial charge in [0.15, 0.2) is 0 Å². The molecule has 5 nitrogen and oxygen atoms in total. The zero-order valence-electron chi connectivity index (χ0n) is 19.2. The van der Waals surface area contributed by atoms with Gasteiger partial charge in [-0.2, -0.15) is 0 Å². The van der Waals surface area contributed by atoms with Crippen LogP contribution in [0, 0.1) is 13.8 Å². The maximum Gasteiger partial charge on any atom is 0.251 e. The zero-order valence-corrected chi connectivity index (χ0v) is 20.8. The first-order chi connectivity index (χ1) is 16.4. The molecule has 3 aromatic carbocycles. The molecule has 1 aliphatic heterocycles. The van der Waals surface area contributed by atoms with E-state index in [1.54, 1.807) is 23.9 Å². The summed E-state index contributed by atoms with van der Waals surface area (Å²) in [6.45, 7) is 5.41. The first kappa shape index (κ1) is 24.2. The molecular formula is C27H27ClN2O3S. The smallest absolute Gasteiger partial charge is 0.251 e. The van der Waals surface area contributed by atoms with E-state index in [9.17, 15) is 9.59 Å². The Labute approximate surface area is 209 Å². The molecule has 4 rings (SSSR count). The Morgan fingerprint density at radius 2 is 1.82 bits per heavy atom. The molecule has 2 amide bonds. The largest absolute Gasteiger partial charge is 0.491 e. The number of nitrogens with zero attached hydrogens (tertiary/aromatic N) is 1. The summed E-state index contributed by atoms with van der Waals surface area (Å²) in [6, 6.07) is 20.9. The van der Waals surface area contributed by atoms with Crippen LogP contribution in [0.4, 0.5) is 0 Å². The van der Waals surface area contributed by atoms with Crippen molar-refractivity contribution in [3.8, 4) is 5.75 Å². The van der Waals surface area contributed by atoms with Crippen LogP contribution in [-0.4, -0.2) is 35.6 Å². The Morgan fingerprint density at radius 1 is 1.09 bits per heavy atom. The summed E-state index contributed by atoms with van der Waals surface area (Å²) >= 11 is 7.58. The molecule has 1 atom stereocenters. The Balaban J connectivity index is 1.32. The van der Waals surface area contributed by atoms with Gasteiger partial charge in [-0.1, -0.05) is 48.0 Å². The molecule has 1 saturated heterocycles. The molecule has 176 valence electrons. The number of carbonyl (C=O) groups is 2. The summed E-state index contributed by atoms with van der Waals surface area (Å²) < 4.78 is 5.81. The fourth-order valence-corrected chi connectivity index (χ4v) is 5.11. The van der Waals surface area contributed by atoms with Crippen LogP contribution in [0.15, 0.2) is 66.7 Å². The van der Waals surface area contributed by atoms with Crippen LogP contribution in [0.2, 0.25) is 5.02 Å². The summed E-state index contributed by atoms with van der Waals surface area (Å²) in [6.07, 6.45) is 0. The molecule has 1 N–H and O–H groups in total. The molecule has 0 spiro atoms. The van der Waals surface area contributed by atoms with Crippen LogP contribution in [0.1, 0.15) is 38.0 Å². The fourth-order valence-electron chi connectivity index (χ4n) is 3.79. The standard InChI is InChI=1S/C27H27ClN2O3S/c1-18-4-3-5-24(19(18)2)33-15-14-29-26(32)21-8-10-22(11-9-21)27-30(25(31)17-34-27)16-20-6-12-23(28)13-7-20/h3-13,27H,14-17H2,1-2H3,(H,29,32). The van der Waals surface area contributed by atoms with Crippen molar-refractivity contribution in [1.82, 2.24) is 10.2 Å². The van der Waals surface area contributed by atoms with Crippen LogP contribution in [-0.2, 0) is 11.3 Å². The van der Waals surface area contributed by atoms with Crippen molar-refractivity contribution >= 4 is 35.2 Å². The predicted octanol–water partition coefficient (Wildman–Crippen LogP) is 5.54. The van der Waals surface area contributed by atoms with Crippen LogP contribution in [0.5, 0.6) is 5.75 Å². The number of amides is 2. The summed E-state index contributed by atoms with van der Waals surface area (Å²) in [5.74, 6) is 1.24. The Hall–Kier alpha value is -2.96. The number of ether oxygens (including phenoxy) is 1. The maximum absolute atomic E-state index is 12.5. The number of hydrogen-bond donors (Lipinski definition) is 1. The van der Waals surface area contributed by atoms with E-state index in [4.69, 9.17) is 16.3 Å². The average molecular weight is 495 g/mol. The molecule has 1 heterocycles. The van der Waals surface area contributed by atoms with Crippen LogP contribution in [0.3, 0.4) is 0 Å². The normalized spacial score (nSPS) is 15.4. The minimum atomic E-state index is -0.149. The van der Waals surface area contributed by atoms with E-state index in [2.05, 4.69) is 5.32 Å². The van der Waals surface area contributed by atoms with Gasteiger partial charge in [0.1, 0.15) is 17.7 Å². The molecule has 0 radical (unpaired) electrons. The number of carbonyl (C=O) groups excluding carboxylic acids is 2. The van der Waals surface area contributed by atoms with Crippen molar-refractivity contribution in [2.24, 2.45) is 0 Å². The first-order valence-electron chi connectivity index (χ1n) is 11.1. The molecule has 3 aromatic rings. The van der Waals surface area contributed by atoms with Crippen LogP contribution in [0.25, 0.3) is 0 Å². The number of thioether (sulfide) groups is 1. The lowest BCUT2D eigenvalue weighted by molar-refractivity contribution is -0.128. The molecule has 34 heavy (non-hydrogen) atoms. The van der Waals surface area contributed by atoms with Gasteiger partial charge in [0.25, 0.3) is 5.91 Å². The molecular weight excluding hydrogens is 468 g/mol. The number of rotatable bonds is 8. The highest BCUT2D eigenvalue weighted by Crippen LogP contribution is 2.39. The second kappa shape index (κ2) is 11.0. The second-order valence-electron chi connectivity index (χ2n) is 8.24. The van der Waals surface area contributed by atoms with E-state index < -0.39 is 0 Å². The highest BCUT2D eigenvalue weighted by atomic mass is 35.5. The van der Waals surface area contributed by atoms with Gasteiger partial charge in [0.2, 0.25) is 5.91 Å². The van der Waals surface area contributed by atoms with E-state index in [-0.39, 0.29) is 17.2 Å². The highest BCUT2D eigenvalue weighted by molar-refractivity contribution is 8.00. The first-order valence-corrected chi connectivity index (χ1v) is 12.6. The van der Waals surface area contributed by atoms with Crippen molar-refractivity contribution < 1.29 is 14.3 Å². The molecule has 0 bridgehead atoms. The zero-order chi connectivity index (χ0) is 24.1. The number of aryl methyl sites for hydroxylation is 1. The van der Waals surface area contributed by atoms with Gasteiger partial charge in [0.05, 0.1) is 12.3 Å². The van der Waals surface area contributed by atoms with Gasteiger partial charge in [-0.05, 0) is 66.4 Å². The van der Waals surface area contributed by atoms with Crippen molar-refractivity contribution in [2.75, 3.05) is 18.9 Å². The van der Waals surface area contributed by atoms with Crippen molar-refractivity contribution in [2.45, 2.75) is 25.8 Å². The van der Waals surface area contributed by atoms with Gasteiger partial charge in [-0.15, -0.1) is 11.8 Å². The van der Waals surface area contributed by atoms with Gasteiger partial charge >= 0.3 is 0 Å². The number of benzene rings is 3. The lowest BCUT2D eigenvalue weighted by atomic mass is 10.1. The van der Waals surface area contributed by atoms with E-state index >= 15 is 0 Å². The summed E-state index contributed by atoms with van der Waals surface area (Å²) in [4.78, 5) is 26.9. The van der Waals surface area contributed by atoms with Gasteiger partial charge in [-0.25, -0.2) is 0 Å². The Morgan fingerprint density at radius 3 is 2.56 bits per heavy atom. The van der Waals surface area contributed by atoms with Gasteiger partial charge < -0.3 is 15.0 Å². The van der Waals surface area contributed by atoms with Crippen LogP contribution < -0.4 is 10.1 Å². The molecule has 7 heteroatoms. The van der Waals surface area contributed by atoms with E-state index in [1.807, 2.05) is 73.3 Å². The van der Waals surface area contributed by atoms with E-state index in [0.29, 0.717) is 36.0 Å². The van der Waals surface area contributed by atoms with Crippen LogP contribution >= 0.6 is 23.4 Å². The summed E-state index contributed by atoms with van der Waals surface area (Å²) in [7, 11) is 0. The third-order valence-electron chi connectivity index (χ3n) is 5.89. The van der Waals surface area contributed by atoms with Crippen molar-refractivity contribution in [3.05, 3.63) is 99.6 Å². The van der Waals surface area contributed by atoms with Crippen molar-refractivity contribution in [1.29, 1.82) is 0 Å². The SMILES string of the molecule is Cc1cccc(OCCNC(=O)c2ccc(C3SCC(=O)N3Cc3ccc(Cl)cc3)cc2)c1C. The lowest BCUT2D eigenvalue weighted by Crippen LogP contribution is -2.28. The number of nitrogens with one attached hydrogen (secondary N) is 1. The molecule has 0 saturated carbocycles. The monoisotopic (exact) mass is 494 g/mol. The average Bonchev–Trinajstić information content (AvgIpc) is 3.20. The van der Waals surface area contributed by atoms with Crippen molar-refractivity contribution in [3.63, 3.8) is 0 Å². The number of halogens is 1. The third kappa shape index (κ3) is 5.75. The Kier molecular flexibility index (Phi) is 7.80. The molecule has 1 unspecified atom stereocenters. The number of hydrogen-bond acceptors (Lipinski definition) is 4. The van der Waals surface area contributed by atoms with Gasteiger partial charge in [-0.3, -0.25) is 9.59 Å². The van der Waals surface area contributed by atoms with E-state index in [1.165, 1.54) is 5.56 Å². The van der Waals surface area contributed by atoms with Gasteiger partial charge in [0, 0.05) is 17.1 Å². The molecule has 0 aliphatic carbocycles. The topological polar surface area (TPSA) is 58.6 Å². The molecule has 1 fully saturated rings. The predicted molar refractivity (Wildman–Crippen MR) is 137 cm³/mol.